The number of pyridine rings is 1. The van der Waals surface area contributed by atoms with Gasteiger partial charge in [-0.05, 0) is 66.2 Å². The Balaban J connectivity index is 1.42. The number of carbonyl (C=O) groups is 2. The van der Waals surface area contributed by atoms with Crippen molar-refractivity contribution in [2.24, 2.45) is 5.92 Å². The second-order valence-electron chi connectivity index (χ2n) is 9.48. The van der Waals surface area contributed by atoms with Crippen molar-refractivity contribution in [2.45, 2.75) is 19.0 Å². The first kappa shape index (κ1) is 24.8. The van der Waals surface area contributed by atoms with Crippen molar-refractivity contribution < 1.29 is 14.0 Å². The molecule has 39 heavy (non-hydrogen) atoms. The molecule has 3 heterocycles. The fourth-order valence-electron chi connectivity index (χ4n) is 5.17. The maximum Gasteiger partial charge on any atom is 0.253 e. The molecule has 0 saturated carbocycles. The molecule has 0 bridgehead atoms. The first-order chi connectivity index (χ1) is 18.9. The number of halogens is 2. The van der Waals surface area contributed by atoms with Crippen LogP contribution in [0, 0.1) is 11.7 Å². The number of nitrogens with zero attached hydrogens (tertiary/aromatic N) is 4. The third-order valence-electron chi connectivity index (χ3n) is 7.13. The van der Waals surface area contributed by atoms with Crippen molar-refractivity contribution in [3.63, 3.8) is 0 Å². The molecule has 1 saturated heterocycles. The maximum absolute atomic E-state index is 13.8. The molecule has 2 aromatic heterocycles. The van der Waals surface area contributed by atoms with Crippen molar-refractivity contribution in [3.05, 3.63) is 119 Å². The molecule has 0 spiro atoms. The minimum absolute atomic E-state index is 0.137. The summed E-state index contributed by atoms with van der Waals surface area (Å²) < 4.78 is 15.2. The van der Waals surface area contributed by atoms with Gasteiger partial charge in [-0.1, -0.05) is 36.7 Å². The molecule has 194 valence electrons. The molecule has 3 atom stereocenters. The first-order valence-corrected chi connectivity index (χ1v) is 12.8. The highest BCUT2D eigenvalue weighted by molar-refractivity contribution is 6.31. The predicted molar refractivity (Wildman–Crippen MR) is 147 cm³/mol. The van der Waals surface area contributed by atoms with Gasteiger partial charge in [0.05, 0.1) is 41.0 Å². The molecule has 1 fully saturated rings. The number of anilines is 1. The van der Waals surface area contributed by atoms with Crippen LogP contribution in [-0.2, 0) is 4.79 Å². The van der Waals surface area contributed by atoms with Gasteiger partial charge in [0, 0.05) is 28.5 Å². The van der Waals surface area contributed by atoms with Gasteiger partial charge < -0.3 is 10.2 Å². The number of rotatable bonds is 5. The molecule has 9 heteroatoms. The molecular formula is C30H23ClFN5O2. The van der Waals surface area contributed by atoms with Crippen molar-refractivity contribution >= 4 is 40.0 Å². The maximum atomic E-state index is 13.8. The molecule has 0 radical (unpaired) electrons. The molecule has 3 aromatic carbocycles. The first-order valence-electron chi connectivity index (χ1n) is 12.4. The Bertz CT molecular complexity index is 1690. The van der Waals surface area contributed by atoms with E-state index in [4.69, 9.17) is 11.6 Å². The van der Waals surface area contributed by atoms with Gasteiger partial charge in [-0.15, -0.1) is 0 Å². The van der Waals surface area contributed by atoms with Gasteiger partial charge in [-0.3, -0.25) is 14.6 Å². The Morgan fingerprint density at radius 1 is 0.974 bits per heavy atom. The van der Waals surface area contributed by atoms with E-state index in [9.17, 15) is 14.0 Å². The standard InChI is InChI=1S/C30H23ClFN5O2/c1-18-27(35-29(38)19-5-4-14-33-16-19)28(24-6-2-3-7-25(24)31)36(30(18)39)23-12-13-26-20(15-23)17-34-37(26)22-10-8-21(32)9-11-22/h2-18,27-28H,1H3,(H,35,38)/t18-,27-,28?/m0/s1. The van der Waals surface area contributed by atoms with Crippen molar-refractivity contribution in [3.8, 4) is 5.69 Å². The summed E-state index contributed by atoms with van der Waals surface area (Å²) in [4.78, 5) is 32.7. The SMILES string of the molecule is C[C@@H]1C(=O)N(c2ccc3c(cnn3-c3ccc(F)cc3)c2)C(c2ccccc2Cl)[C@H]1NC(=O)c1cccnc1. The van der Waals surface area contributed by atoms with E-state index in [1.165, 1.54) is 18.3 Å². The van der Waals surface area contributed by atoms with E-state index in [1.807, 2.05) is 43.3 Å². The highest BCUT2D eigenvalue weighted by Crippen LogP contribution is 2.43. The summed E-state index contributed by atoms with van der Waals surface area (Å²) in [6.45, 7) is 1.81. The molecule has 1 aliphatic rings. The molecule has 1 aliphatic heterocycles. The van der Waals surface area contributed by atoms with Gasteiger partial charge in [-0.2, -0.15) is 5.10 Å². The van der Waals surface area contributed by atoms with Crippen LogP contribution in [0.25, 0.3) is 16.6 Å². The Morgan fingerprint density at radius 3 is 2.49 bits per heavy atom. The highest BCUT2D eigenvalue weighted by Gasteiger charge is 2.48. The molecule has 1 unspecified atom stereocenters. The quantitative estimate of drug-likeness (QED) is 0.309. The van der Waals surface area contributed by atoms with E-state index >= 15 is 0 Å². The van der Waals surface area contributed by atoms with Gasteiger partial charge in [0.1, 0.15) is 5.82 Å². The fraction of sp³-hybridized carbons (Fsp3) is 0.133. The zero-order chi connectivity index (χ0) is 27.1. The molecule has 5 aromatic rings. The van der Waals surface area contributed by atoms with Crippen molar-refractivity contribution in [1.29, 1.82) is 0 Å². The van der Waals surface area contributed by atoms with E-state index in [0.717, 1.165) is 22.2 Å². The van der Waals surface area contributed by atoms with Crippen LogP contribution >= 0.6 is 11.6 Å². The van der Waals surface area contributed by atoms with E-state index in [-0.39, 0.29) is 17.6 Å². The van der Waals surface area contributed by atoms with Crippen LogP contribution in [0.2, 0.25) is 5.02 Å². The number of amides is 2. The van der Waals surface area contributed by atoms with Crippen LogP contribution in [0.1, 0.15) is 28.9 Å². The van der Waals surface area contributed by atoms with Crippen LogP contribution < -0.4 is 10.2 Å². The smallest absolute Gasteiger partial charge is 0.253 e. The lowest BCUT2D eigenvalue weighted by molar-refractivity contribution is -0.120. The zero-order valence-corrected chi connectivity index (χ0v) is 21.6. The Hall–Kier alpha value is -4.56. The summed E-state index contributed by atoms with van der Waals surface area (Å²) in [6.07, 6.45) is 4.80. The second kappa shape index (κ2) is 9.96. The Morgan fingerprint density at radius 2 is 1.74 bits per heavy atom. The number of fused-ring (bicyclic) bond motifs is 1. The minimum Gasteiger partial charge on any atom is -0.346 e. The van der Waals surface area contributed by atoms with Crippen LogP contribution in [0.3, 0.4) is 0 Å². The van der Waals surface area contributed by atoms with Crippen LogP contribution in [0.4, 0.5) is 10.1 Å². The Labute approximate surface area is 228 Å². The summed E-state index contributed by atoms with van der Waals surface area (Å²) in [5, 5.41) is 8.86. The van der Waals surface area contributed by atoms with Crippen LogP contribution in [-0.4, -0.2) is 32.6 Å². The molecule has 6 rings (SSSR count). The predicted octanol–water partition coefficient (Wildman–Crippen LogP) is 5.74. The minimum atomic E-state index is -0.553. The summed E-state index contributed by atoms with van der Waals surface area (Å²) in [5.74, 6) is -1.30. The lowest BCUT2D eigenvalue weighted by Gasteiger charge is -2.30. The van der Waals surface area contributed by atoms with Gasteiger partial charge >= 0.3 is 0 Å². The van der Waals surface area contributed by atoms with E-state index in [2.05, 4.69) is 15.4 Å². The van der Waals surface area contributed by atoms with Gasteiger partial charge in [0.15, 0.2) is 0 Å². The highest BCUT2D eigenvalue weighted by atomic mass is 35.5. The third-order valence-corrected chi connectivity index (χ3v) is 7.47. The zero-order valence-electron chi connectivity index (χ0n) is 20.8. The Kier molecular flexibility index (Phi) is 6.32. The van der Waals surface area contributed by atoms with Gasteiger partial charge in [0.2, 0.25) is 5.91 Å². The average molecular weight is 540 g/mol. The fourth-order valence-corrected chi connectivity index (χ4v) is 5.42. The number of hydrogen-bond donors (Lipinski definition) is 1. The molecule has 0 aliphatic carbocycles. The number of carbonyl (C=O) groups excluding carboxylic acids is 2. The molecule has 1 N–H and O–H groups in total. The van der Waals surface area contributed by atoms with E-state index in [0.29, 0.717) is 16.3 Å². The molecule has 2 amide bonds. The summed E-state index contributed by atoms with van der Waals surface area (Å²) in [5.41, 5.74) is 3.32. The lowest BCUT2D eigenvalue weighted by Crippen LogP contribution is -2.42. The largest absolute Gasteiger partial charge is 0.346 e. The molecular weight excluding hydrogens is 517 g/mol. The van der Waals surface area contributed by atoms with E-state index < -0.39 is 18.0 Å². The summed E-state index contributed by atoms with van der Waals surface area (Å²) in [7, 11) is 0. The topological polar surface area (TPSA) is 80.1 Å². The molecule has 7 nitrogen and oxygen atoms in total. The van der Waals surface area contributed by atoms with Gasteiger partial charge in [-0.25, -0.2) is 9.07 Å². The van der Waals surface area contributed by atoms with Crippen LogP contribution in [0.5, 0.6) is 0 Å². The third kappa shape index (κ3) is 4.42. The monoisotopic (exact) mass is 539 g/mol. The average Bonchev–Trinajstić information content (AvgIpc) is 3.48. The summed E-state index contributed by atoms with van der Waals surface area (Å²) in [6, 6.07) is 21.3. The second-order valence-corrected chi connectivity index (χ2v) is 9.89. The normalized spacial score (nSPS) is 19.0. The lowest BCUT2D eigenvalue weighted by atomic mass is 9.94. The number of nitrogens with one attached hydrogen (secondary N) is 1. The van der Waals surface area contributed by atoms with E-state index in [1.54, 1.807) is 52.3 Å². The van der Waals surface area contributed by atoms with Crippen LogP contribution in [0.15, 0.2) is 97.5 Å². The van der Waals surface area contributed by atoms with Gasteiger partial charge in [0.25, 0.3) is 5.91 Å². The number of hydrogen-bond acceptors (Lipinski definition) is 4. The number of aromatic nitrogens is 3. The van der Waals surface area contributed by atoms with Crippen molar-refractivity contribution in [1.82, 2.24) is 20.1 Å². The summed E-state index contributed by atoms with van der Waals surface area (Å²) >= 11 is 6.65. The van der Waals surface area contributed by atoms with Crippen molar-refractivity contribution in [2.75, 3.05) is 4.90 Å². The number of benzene rings is 3.